The van der Waals surface area contributed by atoms with Gasteiger partial charge in [0.15, 0.2) is 11.5 Å². The highest BCUT2D eigenvalue weighted by Crippen LogP contribution is 2.45. The lowest BCUT2D eigenvalue weighted by atomic mass is 9.78. The number of hydrogen-bond donors (Lipinski definition) is 0. The van der Waals surface area contributed by atoms with Crippen LogP contribution in [0.1, 0.15) is 84.9 Å². The Bertz CT molecular complexity index is 1120. The molecule has 0 aliphatic rings. The predicted molar refractivity (Wildman–Crippen MR) is 131 cm³/mol. The first-order chi connectivity index (χ1) is 15.6. The van der Waals surface area contributed by atoms with E-state index >= 15 is 0 Å². The summed E-state index contributed by atoms with van der Waals surface area (Å²) in [6, 6.07) is 19.8. The largest absolute Gasteiger partial charge is 0.419 e. The molecule has 172 valence electrons. The molecular formula is C29H32O4. The number of carbonyl (C=O) groups is 2. The van der Waals surface area contributed by atoms with Gasteiger partial charge in [-0.3, -0.25) is 0 Å². The molecule has 3 aromatic rings. The normalized spacial score (nSPS) is 11.4. The highest BCUT2D eigenvalue weighted by atomic mass is 16.6. The van der Waals surface area contributed by atoms with Gasteiger partial charge in [-0.05, 0) is 53.1 Å². The van der Waals surface area contributed by atoms with E-state index in [9.17, 15) is 9.59 Å². The van der Waals surface area contributed by atoms with E-state index < -0.39 is 11.9 Å². The molecule has 4 nitrogen and oxygen atoms in total. The lowest BCUT2D eigenvalue weighted by Crippen LogP contribution is -2.21. The minimum Gasteiger partial charge on any atom is -0.419 e. The zero-order valence-corrected chi connectivity index (χ0v) is 20.3. The Kier molecular flexibility index (Phi) is 7.37. The van der Waals surface area contributed by atoms with E-state index in [4.69, 9.17) is 9.47 Å². The van der Waals surface area contributed by atoms with E-state index in [-0.39, 0.29) is 11.3 Å². The molecule has 0 heterocycles. The number of hydrogen-bond acceptors (Lipinski definition) is 4. The third kappa shape index (κ3) is 5.51. The Hall–Kier alpha value is -3.40. The van der Waals surface area contributed by atoms with Crippen LogP contribution in [0, 0.1) is 0 Å². The number of aryl methyl sites for hydroxylation is 1. The van der Waals surface area contributed by atoms with Crippen molar-refractivity contribution in [1.29, 1.82) is 0 Å². The molecule has 3 rings (SSSR count). The van der Waals surface area contributed by atoms with Gasteiger partial charge in [0.05, 0.1) is 11.1 Å². The van der Waals surface area contributed by atoms with Crippen LogP contribution in [0.15, 0.2) is 66.7 Å². The van der Waals surface area contributed by atoms with E-state index in [0.717, 1.165) is 16.7 Å². The molecule has 0 saturated heterocycles. The van der Waals surface area contributed by atoms with Gasteiger partial charge >= 0.3 is 11.9 Å². The van der Waals surface area contributed by atoms with Crippen molar-refractivity contribution >= 4 is 11.9 Å². The first-order valence-corrected chi connectivity index (χ1v) is 11.4. The summed E-state index contributed by atoms with van der Waals surface area (Å²) in [4.78, 5) is 26.1. The van der Waals surface area contributed by atoms with Gasteiger partial charge in [-0.2, -0.15) is 0 Å². The van der Waals surface area contributed by atoms with Crippen molar-refractivity contribution in [3.8, 4) is 11.5 Å². The summed E-state index contributed by atoms with van der Waals surface area (Å²) < 4.78 is 12.0. The summed E-state index contributed by atoms with van der Waals surface area (Å²) in [7, 11) is 0. The van der Waals surface area contributed by atoms with Crippen LogP contribution < -0.4 is 9.47 Å². The Morgan fingerprint density at radius 3 is 1.64 bits per heavy atom. The van der Waals surface area contributed by atoms with Crippen molar-refractivity contribution in [2.75, 3.05) is 0 Å². The molecule has 0 aliphatic heterocycles. The second-order valence-electron chi connectivity index (χ2n) is 9.42. The van der Waals surface area contributed by atoms with Crippen molar-refractivity contribution in [2.45, 2.75) is 59.3 Å². The van der Waals surface area contributed by atoms with Crippen LogP contribution in [-0.4, -0.2) is 11.9 Å². The summed E-state index contributed by atoms with van der Waals surface area (Å²) in [6.45, 7) is 12.5. The van der Waals surface area contributed by atoms with Crippen molar-refractivity contribution < 1.29 is 19.1 Å². The molecule has 0 fully saturated rings. The number of benzene rings is 3. The van der Waals surface area contributed by atoms with Gasteiger partial charge in [0.1, 0.15) is 0 Å². The zero-order chi connectivity index (χ0) is 24.2. The maximum Gasteiger partial charge on any atom is 0.343 e. The van der Waals surface area contributed by atoms with Crippen molar-refractivity contribution in [3.63, 3.8) is 0 Å². The summed E-state index contributed by atoms with van der Waals surface area (Å²) in [5, 5.41) is 0. The second kappa shape index (κ2) is 10.0. The highest BCUT2D eigenvalue weighted by molar-refractivity contribution is 5.94. The van der Waals surface area contributed by atoms with E-state index in [1.807, 2.05) is 19.1 Å². The molecule has 3 aromatic carbocycles. The molecule has 0 spiro atoms. The topological polar surface area (TPSA) is 52.6 Å². The molecule has 0 aliphatic carbocycles. The third-order valence-corrected chi connectivity index (χ3v) is 5.53. The molecule has 0 saturated carbocycles. The zero-order valence-electron chi connectivity index (χ0n) is 20.3. The first kappa shape index (κ1) is 24.2. The summed E-state index contributed by atoms with van der Waals surface area (Å²) in [5.74, 6) is -0.291. The summed E-state index contributed by atoms with van der Waals surface area (Å²) in [6.07, 6.45) is 0.620. The molecule has 33 heavy (non-hydrogen) atoms. The molecular weight excluding hydrogens is 412 g/mol. The quantitative estimate of drug-likeness (QED) is 0.300. The molecule has 0 atom stereocenters. The van der Waals surface area contributed by atoms with E-state index in [0.29, 0.717) is 29.0 Å². The first-order valence-electron chi connectivity index (χ1n) is 11.4. The fourth-order valence-corrected chi connectivity index (χ4v) is 3.83. The van der Waals surface area contributed by atoms with Crippen LogP contribution in [0.25, 0.3) is 0 Å². The molecule has 0 radical (unpaired) electrons. The van der Waals surface area contributed by atoms with Crippen LogP contribution in [0.4, 0.5) is 0 Å². The van der Waals surface area contributed by atoms with Crippen molar-refractivity contribution in [3.05, 3.63) is 94.5 Å². The molecule has 0 unspecified atom stereocenters. The maximum absolute atomic E-state index is 13.1. The average molecular weight is 445 g/mol. The van der Waals surface area contributed by atoms with Gasteiger partial charge in [0, 0.05) is 5.56 Å². The smallest absolute Gasteiger partial charge is 0.343 e. The fraction of sp³-hybridized carbons (Fsp3) is 0.310. The molecule has 0 aromatic heterocycles. The van der Waals surface area contributed by atoms with Crippen LogP contribution in [0.3, 0.4) is 0 Å². The van der Waals surface area contributed by atoms with Crippen LogP contribution >= 0.6 is 0 Å². The van der Waals surface area contributed by atoms with Gasteiger partial charge in [-0.1, -0.05) is 84.0 Å². The number of ether oxygens (including phenoxy) is 2. The average Bonchev–Trinajstić information content (AvgIpc) is 2.79. The highest BCUT2D eigenvalue weighted by Gasteiger charge is 2.30. The molecule has 0 amide bonds. The van der Waals surface area contributed by atoms with E-state index in [1.165, 1.54) is 0 Å². The SMILES string of the molecule is CCc1cc(C(C)(C)C)c(C(C)C)c(OC(=O)c2ccccc2)c1OC(=O)c1ccccc1. The Morgan fingerprint density at radius 1 is 0.788 bits per heavy atom. The van der Waals surface area contributed by atoms with Gasteiger partial charge < -0.3 is 9.47 Å². The van der Waals surface area contributed by atoms with Gasteiger partial charge in [0.25, 0.3) is 0 Å². The lowest BCUT2D eigenvalue weighted by molar-refractivity contribution is 0.0679. The van der Waals surface area contributed by atoms with E-state index in [1.54, 1.807) is 48.5 Å². The monoisotopic (exact) mass is 444 g/mol. The predicted octanol–water partition coefficient (Wildman–Crippen LogP) is 7.11. The second-order valence-corrected chi connectivity index (χ2v) is 9.42. The number of rotatable bonds is 6. The maximum atomic E-state index is 13.1. The van der Waals surface area contributed by atoms with Crippen LogP contribution in [-0.2, 0) is 11.8 Å². The Balaban J connectivity index is 2.21. The van der Waals surface area contributed by atoms with E-state index in [2.05, 4.69) is 40.7 Å². The van der Waals surface area contributed by atoms with Gasteiger partial charge in [-0.15, -0.1) is 0 Å². The standard InChI is InChI=1S/C29H32O4/c1-7-20-18-23(29(4,5)6)24(19(2)3)26(33-28(31)22-16-12-9-13-17-22)25(20)32-27(30)21-14-10-8-11-15-21/h8-19H,7H2,1-6H3. The van der Waals surface area contributed by atoms with Gasteiger partial charge in [0.2, 0.25) is 0 Å². The van der Waals surface area contributed by atoms with Crippen LogP contribution in [0.5, 0.6) is 11.5 Å². The lowest BCUT2D eigenvalue weighted by Gasteiger charge is -2.29. The molecule has 0 N–H and O–H groups in total. The number of esters is 2. The minimum atomic E-state index is -0.486. The molecule has 4 heteroatoms. The Labute approximate surface area is 196 Å². The van der Waals surface area contributed by atoms with Gasteiger partial charge in [-0.25, -0.2) is 9.59 Å². The molecule has 0 bridgehead atoms. The summed E-state index contributed by atoms with van der Waals surface area (Å²) in [5.41, 5.74) is 3.45. The Morgan fingerprint density at radius 2 is 1.24 bits per heavy atom. The summed E-state index contributed by atoms with van der Waals surface area (Å²) >= 11 is 0. The number of carbonyl (C=O) groups excluding carboxylic acids is 2. The fourth-order valence-electron chi connectivity index (χ4n) is 3.83. The van der Waals surface area contributed by atoms with Crippen LogP contribution in [0.2, 0.25) is 0 Å². The third-order valence-electron chi connectivity index (χ3n) is 5.53. The minimum absolute atomic E-state index is 0.0397. The van der Waals surface area contributed by atoms with Crippen molar-refractivity contribution in [1.82, 2.24) is 0 Å². The van der Waals surface area contributed by atoms with Crippen molar-refractivity contribution in [2.24, 2.45) is 0 Å².